The van der Waals surface area contributed by atoms with Crippen molar-refractivity contribution in [3.05, 3.63) is 24.3 Å². The first-order valence-electron chi connectivity index (χ1n) is 12.4. The number of benzene rings is 1. The predicted octanol–water partition coefficient (Wildman–Crippen LogP) is 2.85. The van der Waals surface area contributed by atoms with Gasteiger partial charge in [0, 0.05) is 24.9 Å². The summed E-state index contributed by atoms with van der Waals surface area (Å²) in [4.78, 5) is 32.1. The molecule has 1 heterocycles. The minimum absolute atomic E-state index is 0.0630. The van der Waals surface area contributed by atoms with Crippen LogP contribution in [0.2, 0.25) is 0 Å². The number of para-hydroxylation sites is 2. The van der Waals surface area contributed by atoms with Crippen LogP contribution in [-0.2, 0) is 14.4 Å². The highest BCUT2D eigenvalue weighted by Gasteiger charge is 2.34. The van der Waals surface area contributed by atoms with Crippen LogP contribution < -0.4 is 20.7 Å². The zero-order chi connectivity index (χ0) is 26.0. The Balaban J connectivity index is 1.98. The van der Waals surface area contributed by atoms with Crippen LogP contribution in [0.3, 0.4) is 0 Å². The molecule has 2 rings (SSSR count). The molecule has 0 aromatic heterocycles. The van der Waals surface area contributed by atoms with Crippen LogP contribution >= 0.6 is 0 Å². The monoisotopic (exact) mass is 490 g/mol. The number of rotatable bonds is 13. The van der Waals surface area contributed by atoms with Crippen molar-refractivity contribution in [3.8, 4) is 5.75 Å². The van der Waals surface area contributed by atoms with Gasteiger partial charge in [0.05, 0.1) is 24.6 Å². The van der Waals surface area contributed by atoms with Crippen LogP contribution in [0.25, 0.3) is 0 Å². The second-order valence-electron chi connectivity index (χ2n) is 10.1. The Morgan fingerprint density at radius 1 is 1.40 bits per heavy atom. The molecule has 1 aromatic carbocycles. The molecule has 196 valence electrons. The second-order valence-corrected chi connectivity index (χ2v) is 10.1. The number of carbonyl (C=O) groups excluding carboxylic acids is 2. The molecular weight excluding hydrogens is 448 g/mol. The minimum Gasteiger partial charge on any atom is -0.481 e. The van der Waals surface area contributed by atoms with Crippen LogP contribution in [-0.4, -0.2) is 61.6 Å². The average Bonchev–Trinajstić information content (AvgIpc) is 2.81. The first-order chi connectivity index (χ1) is 16.6. The molecule has 1 aliphatic rings. The van der Waals surface area contributed by atoms with Crippen molar-refractivity contribution >= 4 is 23.7 Å². The third-order valence-corrected chi connectivity index (χ3v) is 6.21. The number of nitrogens with zero attached hydrogens (tertiary/aromatic N) is 2. The summed E-state index contributed by atoms with van der Waals surface area (Å²) in [5, 5.41) is 17.3. The van der Waals surface area contributed by atoms with Crippen molar-refractivity contribution in [3.63, 3.8) is 0 Å². The molecule has 1 aromatic rings. The maximum absolute atomic E-state index is 13.4. The number of aliphatic hydroxyl groups excluding tert-OH is 1. The fourth-order valence-corrected chi connectivity index (χ4v) is 4.26. The van der Waals surface area contributed by atoms with Crippen molar-refractivity contribution in [2.75, 3.05) is 25.1 Å². The third-order valence-electron chi connectivity index (χ3n) is 6.21. The molecule has 0 saturated carbocycles. The van der Waals surface area contributed by atoms with E-state index in [0.717, 1.165) is 12.8 Å². The molecule has 0 bridgehead atoms. The molecule has 0 spiro atoms. The van der Waals surface area contributed by atoms with Crippen molar-refractivity contribution < 1.29 is 24.3 Å². The van der Waals surface area contributed by atoms with Gasteiger partial charge in [-0.15, -0.1) is 0 Å². The van der Waals surface area contributed by atoms with Gasteiger partial charge < -0.3 is 30.6 Å². The number of aliphatic hydroxyl groups is 1. The Morgan fingerprint density at radius 3 is 2.80 bits per heavy atom. The molecular formula is C26H42N4O5. The summed E-state index contributed by atoms with van der Waals surface area (Å²) in [5.41, 5.74) is 6.57. The summed E-state index contributed by atoms with van der Waals surface area (Å²) in [6, 6.07) is 6.84. The van der Waals surface area contributed by atoms with Crippen molar-refractivity contribution in [2.24, 2.45) is 22.2 Å². The van der Waals surface area contributed by atoms with Gasteiger partial charge in [-0.1, -0.05) is 51.4 Å². The lowest BCUT2D eigenvalue weighted by Crippen LogP contribution is -2.46. The van der Waals surface area contributed by atoms with Gasteiger partial charge >= 0.3 is 0 Å². The van der Waals surface area contributed by atoms with Gasteiger partial charge in [-0.05, 0) is 36.8 Å². The van der Waals surface area contributed by atoms with Gasteiger partial charge in [-0.25, -0.2) is 0 Å². The Hall–Kier alpha value is -2.65. The quantitative estimate of drug-likeness (QED) is 0.222. The van der Waals surface area contributed by atoms with E-state index < -0.39 is 23.7 Å². The standard InChI is InChI=1S/C26H42N4O5/c1-6-7-12-28-25(33)18(2)13-22(31)20(27)14-26(3,4)15-24(32)30-17-19(16-29-34-5)35-23-11-9-8-10-21(23)30/h8-11,16,18-20,22,31H,6-7,12-15,17,27H2,1-5H3,(H,28,33)/t18-,19+,20+,22+/m1/s1. The van der Waals surface area contributed by atoms with Crippen LogP contribution in [0, 0.1) is 11.3 Å². The van der Waals surface area contributed by atoms with Crippen LogP contribution in [0.5, 0.6) is 5.75 Å². The highest BCUT2D eigenvalue weighted by Crippen LogP contribution is 2.36. The smallest absolute Gasteiger partial charge is 0.227 e. The molecule has 0 saturated heterocycles. The van der Waals surface area contributed by atoms with Gasteiger partial charge in [-0.2, -0.15) is 0 Å². The highest BCUT2D eigenvalue weighted by atomic mass is 16.6. The van der Waals surface area contributed by atoms with Crippen LogP contribution in [0.4, 0.5) is 5.69 Å². The van der Waals surface area contributed by atoms with E-state index in [0.29, 0.717) is 30.9 Å². The minimum atomic E-state index is -0.838. The molecule has 4 atom stereocenters. The summed E-state index contributed by atoms with van der Waals surface area (Å²) >= 11 is 0. The number of ether oxygens (including phenoxy) is 1. The number of carbonyl (C=O) groups is 2. The number of hydrogen-bond acceptors (Lipinski definition) is 7. The van der Waals surface area contributed by atoms with Crippen LogP contribution in [0.15, 0.2) is 29.4 Å². The molecule has 1 aliphatic heterocycles. The van der Waals surface area contributed by atoms with E-state index in [1.54, 1.807) is 11.8 Å². The SMILES string of the molecule is CCCCNC(=O)[C@H](C)C[C@H](O)[C@@H](N)CC(C)(C)CC(=O)N1C[C@H](C=NOC)Oc2ccccc21. The van der Waals surface area contributed by atoms with Crippen molar-refractivity contribution in [1.82, 2.24) is 5.32 Å². The zero-order valence-electron chi connectivity index (χ0n) is 21.7. The Labute approximate surface area is 209 Å². The second kappa shape index (κ2) is 13.4. The van der Waals surface area contributed by atoms with Gasteiger partial charge in [0.1, 0.15) is 12.9 Å². The Bertz CT molecular complexity index is 860. The number of nitrogens with two attached hydrogens (primary N) is 1. The molecule has 0 aliphatic carbocycles. The number of hydrogen-bond donors (Lipinski definition) is 3. The summed E-state index contributed by atoms with van der Waals surface area (Å²) < 4.78 is 5.92. The molecule has 35 heavy (non-hydrogen) atoms. The van der Waals surface area contributed by atoms with Crippen molar-refractivity contribution in [1.29, 1.82) is 0 Å². The first-order valence-corrected chi connectivity index (χ1v) is 12.4. The first kappa shape index (κ1) is 28.6. The van der Waals surface area contributed by atoms with Gasteiger partial charge in [0.15, 0.2) is 6.10 Å². The number of nitrogens with one attached hydrogen (secondary N) is 1. The Kier molecular flexibility index (Phi) is 11.0. The molecule has 0 radical (unpaired) electrons. The number of oxime groups is 1. The summed E-state index contributed by atoms with van der Waals surface area (Å²) in [7, 11) is 1.45. The lowest BCUT2D eigenvalue weighted by molar-refractivity contribution is -0.125. The summed E-state index contributed by atoms with van der Waals surface area (Å²) in [6.45, 7) is 8.75. The average molecular weight is 491 g/mol. The van der Waals surface area contributed by atoms with E-state index in [-0.39, 0.29) is 30.6 Å². The molecule has 2 amide bonds. The van der Waals surface area contributed by atoms with E-state index in [1.807, 2.05) is 38.1 Å². The molecule has 9 nitrogen and oxygen atoms in total. The van der Waals surface area contributed by atoms with E-state index in [4.69, 9.17) is 15.3 Å². The lowest BCUT2D eigenvalue weighted by atomic mass is 9.80. The third kappa shape index (κ3) is 8.81. The molecule has 9 heteroatoms. The Morgan fingerprint density at radius 2 is 2.11 bits per heavy atom. The number of amides is 2. The van der Waals surface area contributed by atoms with Gasteiger partial charge in [-0.3, -0.25) is 9.59 Å². The van der Waals surface area contributed by atoms with Gasteiger partial charge in [0.2, 0.25) is 11.8 Å². The largest absolute Gasteiger partial charge is 0.481 e. The van der Waals surface area contributed by atoms with Crippen LogP contribution in [0.1, 0.15) is 59.8 Å². The fourth-order valence-electron chi connectivity index (χ4n) is 4.26. The maximum Gasteiger partial charge on any atom is 0.227 e. The summed E-state index contributed by atoms with van der Waals surface area (Å²) in [6.07, 6.45) is 3.16. The normalized spacial score (nSPS) is 18.4. The van der Waals surface area contributed by atoms with E-state index >= 15 is 0 Å². The molecule has 0 fully saturated rings. The molecule has 4 N–H and O–H groups in total. The number of anilines is 1. The number of unbranched alkanes of at least 4 members (excludes halogenated alkanes) is 1. The van der Waals surface area contributed by atoms with E-state index in [9.17, 15) is 14.7 Å². The van der Waals surface area contributed by atoms with E-state index in [2.05, 4.69) is 17.4 Å². The van der Waals surface area contributed by atoms with Gasteiger partial charge in [0.25, 0.3) is 0 Å². The zero-order valence-corrected chi connectivity index (χ0v) is 21.7. The molecule has 0 unspecified atom stereocenters. The number of fused-ring (bicyclic) bond motifs is 1. The van der Waals surface area contributed by atoms with E-state index in [1.165, 1.54) is 13.3 Å². The fraction of sp³-hybridized carbons (Fsp3) is 0.654. The summed E-state index contributed by atoms with van der Waals surface area (Å²) in [5.74, 6) is 0.132. The maximum atomic E-state index is 13.4. The van der Waals surface area contributed by atoms with Crippen molar-refractivity contribution in [2.45, 2.75) is 78.0 Å². The predicted molar refractivity (Wildman–Crippen MR) is 137 cm³/mol. The lowest BCUT2D eigenvalue weighted by Gasteiger charge is -2.36. The highest BCUT2D eigenvalue weighted by molar-refractivity contribution is 5.96. The topological polar surface area (TPSA) is 126 Å².